The van der Waals surface area contributed by atoms with Crippen molar-refractivity contribution in [2.45, 2.75) is 0 Å². The molecule has 1 aromatic carbocycles. The summed E-state index contributed by atoms with van der Waals surface area (Å²) >= 11 is 0. The Morgan fingerprint density at radius 1 is 1.29 bits per heavy atom. The van der Waals surface area contributed by atoms with Gasteiger partial charge in [0, 0.05) is 5.30 Å². The number of methoxy groups -OCH3 is 1. The number of rotatable bonds is 2. The van der Waals surface area contributed by atoms with Crippen molar-refractivity contribution in [3.8, 4) is 5.75 Å². The average Bonchev–Trinajstić information content (AvgIpc) is 2.47. The Morgan fingerprint density at radius 2 is 2.06 bits per heavy atom. The summed E-state index contributed by atoms with van der Waals surface area (Å²) in [7, 11) is 3.72. The fraction of sp³-hybridized carbons (Fsp3) is 0.385. The van der Waals surface area contributed by atoms with Gasteiger partial charge < -0.3 is 4.74 Å². The largest absolute Gasteiger partial charge is 0.496 e. The molecule has 0 amide bonds. The lowest BCUT2D eigenvalue weighted by Crippen LogP contribution is -2.18. The first kappa shape index (κ1) is 13.5. The van der Waals surface area contributed by atoms with Gasteiger partial charge in [0.05, 0.1) is 7.11 Å². The SMILES string of the molecule is C=CP1CCPc2cccc(OC)c2PCC1. The molecule has 3 atom stereocenters. The van der Waals surface area contributed by atoms with Crippen LogP contribution in [0.3, 0.4) is 0 Å². The van der Waals surface area contributed by atoms with Crippen LogP contribution in [0.1, 0.15) is 0 Å². The number of ether oxygens (including phenoxy) is 1. The van der Waals surface area contributed by atoms with Gasteiger partial charge in [-0.05, 0) is 36.0 Å². The fourth-order valence-corrected chi connectivity index (χ4v) is 7.96. The Hall–Kier alpha value is 0.0500. The van der Waals surface area contributed by atoms with E-state index in [9.17, 15) is 0 Å². The van der Waals surface area contributed by atoms with Crippen molar-refractivity contribution < 1.29 is 4.74 Å². The Morgan fingerprint density at radius 3 is 2.76 bits per heavy atom. The lowest BCUT2D eigenvalue weighted by atomic mass is 10.3. The van der Waals surface area contributed by atoms with Crippen LogP contribution >= 0.6 is 25.1 Å². The van der Waals surface area contributed by atoms with Gasteiger partial charge in [-0.1, -0.05) is 49.6 Å². The summed E-state index contributed by atoms with van der Waals surface area (Å²) in [5.74, 6) is 3.30. The second-order valence-electron chi connectivity index (χ2n) is 3.95. The third-order valence-corrected chi connectivity index (χ3v) is 8.79. The average molecular weight is 284 g/mol. The zero-order chi connectivity index (χ0) is 12.1. The Labute approximate surface area is 109 Å². The van der Waals surface area contributed by atoms with E-state index in [2.05, 4.69) is 30.6 Å². The maximum Gasteiger partial charge on any atom is 0.126 e. The molecule has 1 aromatic rings. The highest BCUT2D eigenvalue weighted by molar-refractivity contribution is 7.64. The van der Waals surface area contributed by atoms with Gasteiger partial charge in [-0.2, -0.15) is 0 Å². The molecule has 4 heteroatoms. The molecule has 0 spiro atoms. The molecule has 0 aliphatic carbocycles. The highest BCUT2D eigenvalue weighted by atomic mass is 31.1. The third-order valence-electron chi connectivity index (χ3n) is 2.92. The molecule has 92 valence electrons. The standard InChI is InChI=1S/C13H19OP3/c1-3-17-9-7-15-12-6-4-5-11(14-2)13(12)16-8-10-17/h3-6,15-16H,1,7-10H2,2H3. The highest BCUT2D eigenvalue weighted by Gasteiger charge is 2.13. The van der Waals surface area contributed by atoms with Crippen molar-refractivity contribution in [2.24, 2.45) is 0 Å². The normalized spacial score (nSPS) is 23.5. The van der Waals surface area contributed by atoms with E-state index in [-0.39, 0.29) is 7.92 Å². The van der Waals surface area contributed by atoms with E-state index in [4.69, 9.17) is 4.74 Å². The second kappa shape index (κ2) is 6.84. The molecule has 0 radical (unpaired) electrons. The number of hydrogen-bond donors (Lipinski definition) is 0. The molecule has 0 saturated carbocycles. The van der Waals surface area contributed by atoms with Gasteiger partial charge in [0.25, 0.3) is 0 Å². The molecule has 0 aromatic heterocycles. The maximum atomic E-state index is 5.50. The van der Waals surface area contributed by atoms with Crippen LogP contribution in [0, 0.1) is 0 Å². The molecular weight excluding hydrogens is 265 g/mol. The van der Waals surface area contributed by atoms with E-state index in [0.29, 0.717) is 0 Å². The molecule has 0 fully saturated rings. The van der Waals surface area contributed by atoms with Crippen LogP contribution in [0.25, 0.3) is 0 Å². The van der Waals surface area contributed by atoms with Gasteiger partial charge in [-0.15, -0.1) is 0 Å². The van der Waals surface area contributed by atoms with E-state index in [1.807, 2.05) is 0 Å². The van der Waals surface area contributed by atoms with Gasteiger partial charge in [-0.25, -0.2) is 0 Å². The lowest BCUT2D eigenvalue weighted by Gasteiger charge is -2.12. The number of fused-ring (bicyclic) bond motifs is 1. The van der Waals surface area contributed by atoms with Gasteiger partial charge in [0.2, 0.25) is 0 Å². The van der Waals surface area contributed by atoms with Gasteiger partial charge in [0.1, 0.15) is 5.75 Å². The summed E-state index contributed by atoms with van der Waals surface area (Å²) < 4.78 is 5.50. The van der Waals surface area contributed by atoms with E-state index in [1.165, 1.54) is 35.3 Å². The van der Waals surface area contributed by atoms with E-state index in [0.717, 1.165) is 22.9 Å². The molecule has 3 unspecified atom stereocenters. The van der Waals surface area contributed by atoms with Crippen molar-refractivity contribution in [2.75, 3.05) is 31.8 Å². The highest BCUT2D eigenvalue weighted by Crippen LogP contribution is 2.40. The van der Waals surface area contributed by atoms with Gasteiger partial charge >= 0.3 is 0 Å². The summed E-state index contributed by atoms with van der Waals surface area (Å²) in [5, 5.41) is 3.01. The first-order valence-electron chi connectivity index (χ1n) is 5.86. The van der Waals surface area contributed by atoms with Crippen LogP contribution in [0.4, 0.5) is 0 Å². The maximum absolute atomic E-state index is 5.50. The molecular formula is C13H19OP3. The minimum atomic E-state index is 0.0903. The predicted octanol–water partition coefficient (Wildman–Crippen LogP) is 2.94. The Balaban J connectivity index is 2.21. The van der Waals surface area contributed by atoms with Crippen LogP contribution in [-0.2, 0) is 0 Å². The molecule has 17 heavy (non-hydrogen) atoms. The number of benzene rings is 1. The molecule has 1 nitrogen and oxygen atoms in total. The molecule has 1 heterocycles. The number of hydrogen-bond acceptors (Lipinski definition) is 1. The molecule has 0 saturated heterocycles. The van der Waals surface area contributed by atoms with Gasteiger partial charge in [-0.3, -0.25) is 0 Å². The Bertz CT molecular complexity index is 392. The lowest BCUT2D eigenvalue weighted by molar-refractivity contribution is 0.418. The third kappa shape index (κ3) is 3.51. The fourth-order valence-electron chi connectivity index (χ4n) is 1.98. The van der Waals surface area contributed by atoms with Crippen LogP contribution < -0.4 is 15.3 Å². The molecule has 0 bridgehead atoms. The van der Waals surface area contributed by atoms with E-state index >= 15 is 0 Å². The molecule has 1 aliphatic rings. The zero-order valence-electron chi connectivity index (χ0n) is 10.2. The summed E-state index contributed by atoms with van der Waals surface area (Å²) in [6, 6.07) is 6.51. The van der Waals surface area contributed by atoms with Crippen molar-refractivity contribution in [3.05, 3.63) is 30.6 Å². The molecule has 0 N–H and O–H groups in total. The van der Waals surface area contributed by atoms with Crippen LogP contribution in [0.5, 0.6) is 5.75 Å². The summed E-state index contributed by atoms with van der Waals surface area (Å²) in [6.45, 7) is 3.98. The van der Waals surface area contributed by atoms with E-state index < -0.39 is 0 Å². The van der Waals surface area contributed by atoms with Gasteiger partial charge in [0.15, 0.2) is 0 Å². The van der Waals surface area contributed by atoms with E-state index in [1.54, 1.807) is 7.11 Å². The topological polar surface area (TPSA) is 9.23 Å². The summed E-state index contributed by atoms with van der Waals surface area (Å²) in [6.07, 6.45) is 5.33. The molecule has 2 rings (SSSR count). The minimum Gasteiger partial charge on any atom is -0.496 e. The first-order chi connectivity index (χ1) is 8.35. The second-order valence-corrected chi connectivity index (χ2v) is 9.14. The van der Waals surface area contributed by atoms with Crippen molar-refractivity contribution >= 4 is 35.7 Å². The van der Waals surface area contributed by atoms with Crippen LogP contribution in [0.15, 0.2) is 30.6 Å². The monoisotopic (exact) mass is 284 g/mol. The zero-order valence-corrected chi connectivity index (χ0v) is 13.1. The smallest absolute Gasteiger partial charge is 0.126 e. The van der Waals surface area contributed by atoms with Crippen molar-refractivity contribution in [1.82, 2.24) is 0 Å². The Kier molecular flexibility index (Phi) is 5.43. The first-order valence-corrected chi connectivity index (χ1v) is 10.1. The van der Waals surface area contributed by atoms with Crippen molar-refractivity contribution in [3.63, 3.8) is 0 Å². The van der Waals surface area contributed by atoms with Crippen molar-refractivity contribution in [1.29, 1.82) is 0 Å². The van der Waals surface area contributed by atoms with Crippen LogP contribution in [-0.4, -0.2) is 31.8 Å². The predicted molar refractivity (Wildman–Crippen MR) is 85.5 cm³/mol. The minimum absolute atomic E-state index is 0.0903. The quantitative estimate of drug-likeness (QED) is 0.759. The van der Waals surface area contributed by atoms with Crippen LogP contribution in [0.2, 0.25) is 0 Å². The molecule has 1 aliphatic heterocycles. The summed E-state index contributed by atoms with van der Waals surface area (Å²) in [4.78, 5) is 0. The summed E-state index contributed by atoms with van der Waals surface area (Å²) in [5.41, 5.74) is 0.